The van der Waals surface area contributed by atoms with E-state index in [0.29, 0.717) is 6.54 Å². The molecule has 7 nitrogen and oxygen atoms in total. The van der Waals surface area contributed by atoms with E-state index in [1.165, 1.54) is 4.68 Å². The summed E-state index contributed by atoms with van der Waals surface area (Å²) in [4.78, 5) is 0.0153. The van der Waals surface area contributed by atoms with Crippen molar-refractivity contribution < 1.29 is 8.42 Å². The largest absolute Gasteiger partial charge is 0.383 e. The highest BCUT2D eigenvalue weighted by Gasteiger charge is 2.23. The molecule has 3 N–H and O–H groups in total. The van der Waals surface area contributed by atoms with Crippen LogP contribution < -0.4 is 11.1 Å². The van der Waals surface area contributed by atoms with Gasteiger partial charge in [0.05, 0.1) is 19.0 Å². The zero-order valence-corrected chi connectivity index (χ0v) is 12.0. The molecule has 0 aliphatic rings. The van der Waals surface area contributed by atoms with E-state index in [2.05, 4.69) is 10.4 Å². The van der Waals surface area contributed by atoms with Crippen LogP contribution in [0.5, 0.6) is 0 Å². The molecule has 0 saturated carbocycles. The number of aryl methyl sites for hydroxylation is 1. The number of nitrogens with two attached hydrogens (primary N) is 1. The second-order valence-corrected chi connectivity index (χ2v) is 6.20. The molecule has 0 spiro atoms. The van der Waals surface area contributed by atoms with Gasteiger partial charge in [0, 0.05) is 12.8 Å². The van der Waals surface area contributed by atoms with Crippen LogP contribution in [0.3, 0.4) is 0 Å². The molecule has 0 saturated heterocycles. The van der Waals surface area contributed by atoms with E-state index in [0.717, 1.165) is 19.1 Å². The fourth-order valence-electron chi connectivity index (χ4n) is 1.65. The Morgan fingerprint density at radius 2 is 2.21 bits per heavy atom. The first-order chi connectivity index (χ1) is 8.91. The number of aromatic nitrogens is 2. The maximum Gasteiger partial charge on any atom is 0.182 e. The standard InChI is InChI=1S/C11H19N5O2S/c1-3-4-7-14-11-9(19(2,17)18)10(13)16(15-11)8-5-6-12/h3-5,7-8,13H2,1-2H3,(H,14,15). The number of rotatable bonds is 7. The van der Waals surface area contributed by atoms with Gasteiger partial charge in [-0.3, -0.25) is 0 Å². The molecule has 0 radical (unpaired) electrons. The molecule has 0 aromatic carbocycles. The van der Waals surface area contributed by atoms with Crippen molar-refractivity contribution in [2.45, 2.75) is 37.6 Å². The summed E-state index contributed by atoms with van der Waals surface area (Å²) in [5, 5.41) is 15.7. The van der Waals surface area contributed by atoms with E-state index < -0.39 is 9.84 Å². The first kappa shape index (κ1) is 15.3. The van der Waals surface area contributed by atoms with Gasteiger partial charge in [0.25, 0.3) is 0 Å². The lowest BCUT2D eigenvalue weighted by Crippen LogP contribution is -2.08. The minimum Gasteiger partial charge on any atom is -0.383 e. The summed E-state index contributed by atoms with van der Waals surface area (Å²) in [7, 11) is -3.46. The number of hydrogen-bond donors (Lipinski definition) is 2. The van der Waals surface area contributed by atoms with Crippen molar-refractivity contribution in [1.82, 2.24) is 9.78 Å². The fourth-order valence-corrected chi connectivity index (χ4v) is 2.60. The average molecular weight is 285 g/mol. The summed E-state index contributed by atoms with van der Waals surface area (Å²) in [5.74, 6) is 0.350. The van der Waals surface area contributed by atoms with Crippen LogP contribution in [0, 0.1) is 11.3 Å². The summed E-state index contributed by atoms with van der Waals surface area (Å²) in [6.07, 6.45) is 3.23. The Labute approximate surface area is 113 Å². The van der Waals surface area contributed by atoms with Gasteiger partial charge >= 0.3 is 0 Å². The molecule has 1 heterocycles. The normalized spacial score (nSPS) is 11.2. The third-order valence-corrected chi connectivity index (χ3v) is 3.72. The molecule has 0 atom stereocenters. The average Bonchev–Trinajstić information content (AvgIpc) is 2.63. The predicted octanol–water partition coefficient (Wildman–Crippen LogP) is 0.994. The van der Waals surface area contributed by atoms with E-state index >= 15 is 0 Å². The zero-order valence-electron chi connectivity index (χ0n) is 11.2. The summed E-state index contributed by atoms with van der Waals surface area (Å²) >= 11 is 0. The Hall–Kier alpha value is -1.75. The summed E-state index contributed by atoms with van der Waals surface area (Å²) in [6.45, 7) is 2.95. The molecule has 0 aliphatic heterocycles. The van der Waals surface area contributed by atoms with Gasteiger partial charge in [-0.05, 0) is 6.42 Å². The molecule has 0 aliphatic carbocycles. The highest BCUT2D eigenvalue weighted by Crippen LogP contribution is 2.27. The molecule has 1 rings (SSSR count). The van der Waals surface area contributed by atoms with Crippen molar-refractivity contribution in [2.75, 3.05) is 23.9 Å². The second kappa shape index (κ2) is 6.43. The Morgan fingerprint density at radius 3 is 2.74 bits per heavy atom. The minimum absolute atomic E-state index is 0.0153. The van der Waals surface area contributed by atoms with Gasteiger partial charge < -0.3 is 11.1 Å². The number of hydrogen-bond acceptors (Lipinski definition) is 6. The molecule has 1 aromatic rings. The van der Waals surface area contributed by atoms with Crippen molar-refractivity contribution >= 4 is 21.5 Å². The molecule has 0 unspecified atom stereocenters. The maximum atomic E-state index is 11.8. The van der Waals surface area contributed by atoms with Gasteiger partial charge in [-0.15, -0.1) is 0 Å². The number of nitriles is 1. The predicted molar refractivity (Wildman–Crippen MR) is 73.4 cm³/mol. The van der Waals surface area contributed by atoms with Crippen LogP contribution in [0.15, 0.2) is 4.90 Å². The van der Waals surface area contributed by atoms with Crippen LogP contribution in [0.25, 0.3) is 0 Å². The van der Waals surface area contributed by atoms with Crippen LogP contribution in [-0.4, -0.2) is 31.0 Å². The molecular formula is C11H19N5O2S. The van der Waals surface area contributed by atoms with Crippen LogP contribution in [0.4, 0.5) is 11.6 Å². The van der Waals surface area contributed by atoms with Crippen molar-refractivity contribution in [3.63, 3.8) is 0 Å². The highest BCUT2D eigenvalue weighted by atomic mass is 32.2. The number of anilines is 2. The number of sulfone groups is 1. The van der Waals surface area contributed by atoms with Gasteiger partial charge in [-0.2, -0.15) is 10.4 Å². The van der Waals surface area contributed by atoms with E-state index in [1.54, 1.807) is 0 Å². The van der Waals surface area contributed by atoms with Gasteiger partial charge in [0.15, 0.2) is 20.6 Å². The van der Waals surface area contributed by atoms with E-state index in [9.17, 15) is 8.42 Å². The molecule has 0 amide bonds. The summed E-state index contributed by atoms with van der Waals surface area (Å²) in [5.41, 5.74) is 5.81. The van der Waals surface area contributed by atoms with Crippen LogP contribution in [0.1, 0.15) is 26.2 Å². The first-order valence-corrected chi connectivity index (χ1v) is 7.98. The Balaban J connectivity index is 3.10. The lowest BCUT2D eigenvalue weighted by atomic mass is 10.3. The molecule has 19 heavy (non-hydrogen) atoms. The van der Waals surface area contributed by atoms with Crippen molar-refractivity contribution in [2.24, 2.45) is 0 Å². The maximum absolute atomic E-state index is 11.8. The molecule has 1 aromatic heterocycles. The van der Waals surface area contributed by atoms with Crippen molar-refractivity contribution in [3.05, 3.63) is 0 Å². The lowest BCUT2D eigenvalue weighted by molar-refractivity contribution is 0.601. The number of nitrogens with one attached hydrogen (secondary N) is 1. The molecular weight excluding hydrogens is 266 g/mol. The quantitative estimate of drug-likeness (QED) is 0.722. The van der Waals surface area contributed by atoms with Crippen molar-refractivity contribution in [3.8, 4) is 6.07 Å². The van der Waals surface area contributed by atoms with Crippen LogP contribution in [-0.2, 0) is 16.4 Å². The van der Waals surface area contributed by atoms with Gasteiger partial charge in [-0.1, -0.05) is 13.3 Å². The van der Waals surface area contributed by atoms with E-state index in [1.807, 2.05) is 13.0 Å². The first-order valence-electron chi connectivity index (χ1n) is 6.09. The number of nitrogens with zero attached hydrogens (tertiary/aromatic N) is 3. The molecule has 8 heteroatoms. The van der Waals surface area contributed by atoms with Gasteiger partial charge in [0.1, 0.15) is 5.82 Å². The molecule has 0 fully saturated rings. The molecule has 0 bridgehead atoms. The van der Waals surface area contributed by atoms with Gasteiger partial charge in [0.2, 0.25) is 0 Å². The highest BCUT2D eigenvalue weighted by molar-refractivity contribution is 7.91. The molecule has 106 valence electrons. The topological polar surface area (TPSA) is 114 Å². The summed E-state index contributed by atoms with van der Waals surface area (Å²) < 4.78 is 24.9. The fraction of sp³-hybridized carbons (Fsp3) is 0.636. The monoisotopic (exact) mass is 285 g/mol. The lowest BCUT2D eigenvalue weighted by Gasteiger charge is -2.03. The zero-order chi connectivity index (χ0) is 14.5. The summed E-state index contributed by atoms with van der Waals surface area (Å²) in [6, 6.07) is 1.98. The Kier molecular flexibility index (Phi) is 5.18. The van der Waals surface area contributed by atoms with Crippen LogP contribution >= 0.6 is 0 Å². The third kappa shape index (κ3) is 3.86. The minimum atomic E-state index is -3.46. The Bertz CT molecular complexity index is 571. The number of unbranched alkanes of at least 4 members (excludes halogenated alkanes) is 1. The Morgan fingerprint density at radius 1 is 1.53 bits per heavy atom. The van der Waals surface area contributed by atoms with Crippen molar-refractivity contribution in [1.29, 1.82) is 5.26 Å². The third-order valence-electron chi connectivity index (χ3n) is 2.58. The van der Waals surface area contributed by atoms with E-state index in [4.69, 9.17) is 11.0 Å². The van der Waals surface area contributed by atoms with Crippen LogP contribution in [0.2, 0.25) is 0 Å². The number of nitrogen functional groups attached to an aromatic ring is 1. The second-order valence-electron chi connectivity index (χ2n) is 4.25. The van der Waals surface area contributed by atoms with Gasteiger partial charge in [-0.25, -0.2) is 13.1 Å². The smallest absolute Gasteiger partial charge is 0.182 e. The SMILES string of the molecule is CCCCNc1nn(CCC#N)c(N)c1S(C)(=O)=O. The van der Waals surface area contributed by atoms with E-state index in [-0.39, 0.29) is 29.5 Å².